The van der Waals surface area contributed by atoms with Crippen LogP contribution < -0.4 is 5.32 Å². The first kappa shape index (κ1) is 19.5. The zero-order valence-corrected chi connectivity index (χ0v) is 16.1. The van der Waals surface area contributed by atoms with Gasteiger partial charge < -0.3 is 10.2 Å². The van der Waals surface area contributed by atoms with Crippen molar-refractivity contribution in [2.24, 2.45) is 0 Å². The second-order valence-corrected chi connectivity index (χ2v) is 8.59. The summed E-state index contributed by atoms with van der Waals surface area (Å²) in [6.07, 6.45) is 0. The van der Waals surface area contributed by atoms with Crippen LogP contribution in [0.5, 0.6) is 0 Å². The molecule has 0 atom stereocenters. The normalized spacial score (nSPS) is 11.9. The van der Waals surface area contributed by atoms with Gasteiger partial charge in [0.2, 0.25) is 15.9 Å². The van der Waals surface area contributed by atoms with Crippen LogP contribution in [-0.2, 0) is 14.8 Å². The predicted octanol–water partition coefficient (Wildman–Crippen LogP) is 1.64. The van der Waals surface area contributed by atoms with E-state index in [1.54, 1.807) is 18.2 Å². The van der Waals surface area contributed by atoms with E-state index >= 15 is 0 Å². The molecule has 0 aliphatic rings. The van der Waals surface area contributed by atoms with Crippen LogP contribution in [0.2, 0.25) is 0 Å². The van der Waals surface area contributed by atoms with E-state index in [-0.39, 0.29) is 18.0 Å². The molecule has 1 N–H and O–H groups in total. The number of hydrogen-bond acceptors (Lipinski definition) is 6. The summed E-state index contributed by atoms with van der Waals surface area (Å²) in [5, 5.41) is 4.94. The molecule has 0 aliphatic heterocycles. The minimum atomic E-state index is -3.75. The summed E-state index contributed by atoms with van der Waals surface area (Å²) >= 11 is 1.31. The number of anilines is 1. The number of likely N-dealkylation sites (N-methyl/N-ethyl adjacent to an activating group) is 1. The van der Waals surface area contributed by atoms with Gasteiger partial charge in [0.1, 0.15) is 0 Å². The first-order chi connectivity index (χ1) is 11.8. The van der Waals surface area contributed by atoms with Crippen LogP contribution in [0.15, 0.2) is 40.6 Å². The van der Waals surface area contributed by atoms with Crippen molar-refractivity contribution in [2.45, 2.75) is 11.8 Å². The Hall–Kier alpha value is -1.81. The van der Waals surface area contributed by atoms with E-state index in [1.165, 1.54) is 27.8 Å². The number of aromatic nitrogens is 1. The van der Waals surface area contributed by atoms with Gasteiger partial charge >= 0.3 is 0 Å². The number of benzene rings is 1. The number of thiazole rings is 1. The van der Waals surface area contributed by atoms with E-state index in [4.69, 9.17) is 0 Å². The lowest BCUT2D eigenvalue weighted by Gasteiger charge is -2.23. The monoisotopic (exact) mass is 382 g/mol. The highest BCUT2D eigenvalue weighted by atomic mass is 32.2. The van der Waals surface area contributed by atoms with E-state index in [0.717, 1.165) is 5.69 Å². The third-order valence-corrected chi connectivity index (χ3v) is 6.10. The van der Waals surface area contributed by atoms with Crippen LogP contribution in [0, 0.1) is 6.92 Å². The molecule has 1 aromatic heterocycles. The van der Waals surface area contributed by atoms with E-state index < -0.39 is 15.9 Å². The molecule has 0 spiro atoms. The van der Waals surface area contributed by atoms with Gasteiger partial charge in [0.25, 0.3) is 0 Å². The topological polar surface area (TPSA) is 82.6 Å². The molecule has 1 amide bonds. The van der Waals surface area contributed by atoms with Crippen molar-refractivity contribution in [2.75, 3.05) is 39.0 Å². The number of carbonyl (C=O) groups is 1. The number of nitrogens with zero attached hydrogens (tertiary/aromatic N) is 3. The Bertz CT molecular complexity index is 804. The molecule has 2 aromatic rings. The van der Waals surface area contributed by atoms with Gasteiger partial charge in [0.05, 0.1) is 17.1 Å². The van der Waals surface area contributed by atoms with Gasteiger partial charge in [0.15, 0.2) is 5.13 Å². The van der Waals surface area contributed by atoms with Gasteiger partial charge in [-0.1, -0.05) is 18.2 Å². The summed E-state index contributed by atoms with van der Waals surface area (Å²) in [5.41, 5.74) is 0.807. The maximum absolute atomic E-state index is 12.9. The number of rotatable bonds is 8. The minimum Gasteiger partial charge on any atom is -0.308 e. The number of hydrogen-bond donors (Lipinski definition) is 1. The lowest BCUT2D eigenvalue weighted by atomic mass is 10.4. The maximum Gasteiger partial charge on any atom is 0.243 e. The van der Waals surface area contributed by atoms with E-state index in [9.17, 15) is 13.2 Å². The molecule has 2 rings (SSSR count). The first-order valence-corrected chi connectivity index (χ1v) is 10.0. The van der Waals surface area contributed by atoms with Crippen molar-refractivity contribution in [3.63, 3.8) is 0 Å². The van der Waals surface area contributed by atoms with Crippen LogP contribution >= 0.6 is 11.3 Å². The lowest BCUT2D eigenvalue weighted by molar-refractivity contribution is -0.116. The molecule has 136 valence electrons. The summed E-state index contributed by atoms with van der Waals surface area (Å²) in [5.74, 6) is -0.410. The fraction of sp³-hybridized carbons (Fsp3) is 0.375. The molecule has 25 heavy (non-hydrogen) atoms. The van der Waals surface area contributed by atoms with Crippen molar-refractivity contribution in [3.8, 4) is 0 Å². The largest absolute Gasteiger partial charge is 0.308 e. The average Bonchev–Trinajstić information content (AvgIpc) is 2.96. The van der Waals surface area contributed by atoms with Crippen LogP contribution in [0.4, 0.5) is 5.13 Å². The molecule has 1 heterocycles. The molecule has 0 radical (unpaired) electrons. The molecule has 7 nitrogen and oxygen atoms in total. The van der Waals surface area contributed by atoms with E-state index in [1.807, 2.05) is 31.3 Å². The zero-order chi connectivity index (χ0) is 18.4. The van der Waals surface area contributed by atoms with Crippen LogP contribution in [0.1, 0.15) is 5.69 Å². The third-order valence-electron chi connectivity index (χ3n) is 3.36. The van der Waals surface area contributed by atoms with Crippen molar-refractivity contribution >= 4 is 32.4 Å². The molecule has 0 fully saturated rings. The summed E-state index contributed by atoms with van der Waals surface area (Å²) < 4.78 is 26.9. The Morgan fingerprint density at radius 3 is 2.44 bits per heavy atom. The third kappa shape index (κ3) is 5.60. The fourth-order valence-corrected chi connectivity index (χ4v) is 4.18. The average molecular weight is 383 g/mol. The minimum absolute atomic E-state index is 0.173. The second kappa shape index (κ2) is 8.52. The summed E-state index contributed by atoms with van der Waals surface area (Å²) in [4.78, 5) is 18.5. The molecule has 9 heteroatoms. The Kier molecular flexibility index (Phi) is 6.65. The standard InChI is InChI=1S/C16H22N4O3S2/c1-13-12-24-16(17-13)18-15(21)11-20(10-9-19(2)3)25(22,23)14-7-5-4-6-8-14/h4-8,12H,9-11H2,1-3H3,(H,17,18,21). The Balaban J connectivity index is 2.16. The lowest BCUT2D eigenvalue weighted by Crippen LogP contribution is -2.41. The molecular formula is C16H22N4O3S2. The van der Waals surface area contributed by atoms with Gasteiger partial charge in [-0.2, -0.15) is 4.31 Å². The molecule has 0 saturated carbocycles. The Labute approximate surface area is 152 Å². The molecule has 1 aromatic carbocycles. The van der Waals surface area contributed by atoms with E-state index in [2.05, 4.69) is 10.3 Å². The van der Waals surface area contributed by atoms with Crippen molar-refractivity contribution in [1.29, 1.82) is 0 Å². The van der Waals surface area contributed by atoms with Gasteiger partial charge in [-0.05, 0) is 33.2 Å². The molecule has 0 aliphatic carbocycles. The molecule has 0 unspecified atom stereocenters. The van der Waals surface area contributed by atoms with Gasteiger partial charge in [-0.3, -0.25) is 4.79 Å². The number of amides is 1. The highest BCUT2D eigenvalue weighted by Gasteiger charge is 2.26. The SMILES string of the molecule is Cc1csc(NC(=O)CN(CCN(C)C)S(=O)(=O)c2ccccc2)n1. The van der Waals surface area contributed by atoms with E-state index in [0.29, 0.717) is 11.7 Å². The number of sulfonamides is 1. The van der Waals surface area contributed by atoms with Crippen molar-refractivity contribution in [3.05, 3.63) is 41.4 Å². The smallest absolute Gasteiger partial charge is 0.243 e. The fourth-order valence-electron chi connectivity index (χ4n) is 2.07. The van der Waals surface area contributed by atoms with Crippen LogP contribution in [0.25, 0.3) is 0 Å². The molecular weight excluding hydrogens is 360 g/mol. The van der Waals surface area contributed by atoms with Crippen LogP contribution in [0.3, 0.4) is 0 Å². The summed E-state index contributed by atoms with van der Waals surface area (Å²) in [6, 6.07) is 8.13. The number of aryl methyl sites for hydroxylation is 1. The Morgan fingerprint density at radius 2 is 1.88 bits per heavy atom. The molecule has 0 bridgehead atoms. The van der Waals surface area contributed by atoms with Gasteiger partial charge in [-0.25, -0.2) is 13.4 Å². The number of carbonyl (C=O) groups excluding carboxylic acids is 1. The summed E-state index contributed by atoms with van der Waals surface area (Å²) in [7, 11) is -0.0442. The van der Waals surface area contributed by atoms with Crippen molar-refractivity contribution < 1.29 is 13.2 Å². The van der Waals surface area contributed by atoms with Gasteiger partial charge in [0, 0.05) is 18.5 Å². The van der Waals surface area contributed by atoms with Crippen LogP contribution in [-0.4, -0.2) is 62.2 Å². The maximum atomic E-state index is 12.9. The van der Waals surface area contributed by atoms with Gasteiger partial charge in [-0.15, -0.1) is 11.3 Å². The molecule has 0 saturated heterocycles. The number of nitrogens with one attached hydrogen (secondary N) is 1. The predicted molar refractivity (Wildman–Crippen MR) is 99.2 cm³/mol. The highest BCUT2D eigenvalue weighted by molar-refractivity contribution is 7.89. The quantitative estimate of drug-likeness (QED) is 0.751. The highest BCUT2D eigenvalue weighted by Crippen LogP contribution is 2.17. The summed E-state index contributed by atoms with van der Waals surface area (Å²) in [6.45, 7) is 2.29. The second-order valence-electron chi connectivity index (χ2n) is 5.80. The van der Waals surface area contributed by atoms with Crippen molar-refractivity contribution in [1.82, 2.24) is 14.2 Å². The first-order valence-electron chi connectivity index (χ1n) is 7.71. The Morgan fingerprint density at radius 1 is 1.20 bits per heavy atom. The zero-order valence-electron chi connectivity index (χ0n) is 14.5.